The molecule has 0 bridgehead atoms. The predicted molar refractivity (Wildman–Crippen MR) is 131 cm³/mol. The molecule has 33 heavy (non-hydrogen) atoms. The van der Waals surface area contributed by atoms with Crippen molar-refractivity contribution in [3.8, 4) is 0 Å². The number of β-amino-alcohol motifs (C(OH)–C–C–N with tert-alkyl or cyclic N) is 1. The van der Waals surface area contributed by atoms with Gasteiger partial charge in [0.05, 0.1) is 6.61 Å². The monoisotopic (exact) mass is 468 g/mol. The third-order valence-corrected chi connectivity index (χ3v) is 6.62. The maximum absolute atomic E-state index is 12.8. The zero-order chi connectivity index (χ0) is 23.4. The number of aromatic amines is 1. The summed E-state index contributed by atoms with van der Waals surface area (Å²) in [5, 5.41) is 16.2. The number of amides is 1. The Labute approximate surface area is 197 Å². The highest BCUT2D eigenvalue weighted by Crippen LogP contribution is 2.25. The van der Waals surface area contributed by atoms with Crippen LogP contribution in [0.3, 0.4) is 0 Å². The van der Waals surface area contributed by atoms with Crippen molar-refractivity contribution in [3.05, 3.63) is 52.3 Å². The van der Waals surface area contributed by atoms with Crippen LogP contribution >= 0.6 is 11.3 Å². The highest BCUT2D eigenvalue weighted by atomic mass is 32.1. The predicted octanol–water partition coefficient (Wildman–Crippen LogP) is 2.39. The van der Waals surface area contributed by atoms with Gasteiger partial charge in [0.1, 0.15) is 22.7 Å². The lowest BCUT2D eigenvalue weighted by Gasteiger charge is -2.35. The van der Waals surface area contributed by atoms with Crippen LogP contribution in [0.5, 0.6) is 0 Å². The molecular formula is C23H30N7O2S+. The number of anilines is 4. The number of thiazole rings is 1. The molecule has 1 fully saturated rings. The smallest absolute Gasteiger partial charge is 0.338 e. The van der Waals surface area contributed by atoms with E-state index in [2.05, 4.69) is 35.4 Å². The van der Waals surface area contributed by atoms with E-state index in [4.69, 9.17) is 5.11 Å². The molecule has 0 aliphatic carbocycles. The number of rotatable bonds is 7. The van der Waals surface area contributed by atoms with Crippen LogP contribution in [0.25, 0.3) is 0 Å². The van der Waals surface area contributed by atoms with Crippen molar-refractivity contribution in [2.24, 2.45) is 0 Å². The zero-order valence-electron chi connectivity index (χ0n) is 19.2. The minimum atomic E-state index is -0.151. The number of H-pyrrole nitrogens is 1. The van der Waals surface area contributed by atoms with Crippen molar-refractivity contribution >= 4 is 39.7 Å². The average Bonchev–Trinajstić information content (AvgIpc) is 3.25. The van der Waals surface area contributed by atoms with Gasteiger partial charge >= 0.3 is 5.13 Å². The first-order valence-corrected chi connectivity index (χ1v) is 11.8. The Morgan fingerprint density at radius 3 is 2.58 bits per heavy atom. The van der Waals surface area contributed by atoms with Gasteiger partial charge in [0, 0.05) is 44.5 Å². The molecule has 3 aromatic rings. The van der Waals surface area contributed by atoms with E-state index in [-0.39, 0.29) is 12.5 Å². The van der Waals surface area contributed by atoms with Gasteiger partial charge in [-0.2, -0.15) is 4.98 Å². The van der Waals surface area contributed by atoms with Gasteiger partial charge < -0.3 is 15.3 Å². The number of aromatic nitrogens is 3. The Morgan fingerprint density at radius 1 is 1.15 bits per heavy atom. The maximum Gasteiger partial charge on any atom is 0.338 e. The molecule has 0 spiro atoms. The maximum atomic E-state index is 12.8. The first-order valence-electron chi connectivity index (χ1n) is 11.0. The molecule has 0 atom stereocenters. The number of hydrogen-bond donors (Lipinski definition) is 3. The van der Waals surface area contributed by atoms with E-state index in [0.29, 0.717) is 23.1 Å². The van der Waals surface area contributed by atoms with E-state index in [1.54, 1.807) is 6.20 Å². The number of para-hydroxylation sites is 1. The number of benzene rings is 1. The lowest BCUT2D eigenvalue weighted by molar-refractivity contribution is -0.354. The molecule has 4 N–H and O–H groups in total. The first kappa shape index (κ1) is 23.1. The minimum absolute atomic E-state index is 0.151. The molecular weight excluding hydrogens is 438 g/mol. The number of carbonyl (C=O) groups excluding carboxylic acids is 1. The van der Waals surface area contributed by atoms with Crippen molar-refractivity contribution in [1.82, 2.24) is 14.9 Å². The van der Waals surface area contributed by atoms with Crippen LogP contribution < -0.4 is 20.5 Å². The first-order chi connectivity index (χ1) is 15.9. The van der Waals surface area contributed by atoms with Gasteiger partial charge in [-0.05, 0) is 43.2 Å². The Balaban J connectivity index is 1.43. The molecule has 174 valence electrons. The van der Waals surface area contributed by atoms with E-state index in [1.165, 1.54) is 11.3 Å². The quantitative estimate of drug-likeness (QED) is 0.489. The topological polar surface area (TPSA) is 108 Å². The number of carbonyl (C=O) groups is 1. The Hall–Kier alpha value is -3.08. The fraction of sp³-hybridized carbons (Fsp3) is 0.391. The number of aryl methyl sites for hydroxylation is 3. The summed E-state index contributed by atoms with van der Waals surface area (Å²) >= 11 is 1.34. The molecule has 4 rings (SSSR count). The molecule has 1 saturated heterocycles. The molecule has 1 aliphatic rings. The molecule has 1 aromatic carbocycles. The van der Waals surface area contributed by atoms with E-state index < -0.39 is 0 Å². The summed E-state index contributed by atoms with van der Waals surface area (Å²) < 4.78 is 0. The van der Waals surface area contributed by atoms with Crippen LogP contribution in [0.4, 0.5) is 22.5 Å². The lowest BCUT2D eigenvalue weighted by atomic mass is 10.1. The van der Waals surface area contributed by atoms with E-state index in [1.807, 2.05) is 45.0 Å². The van der Waals surface area contributed by atoms with Gasteiger partial charge in [-0.25, -0.2) is 15.3 Å². The Kier molecular flexibility index (Phi) is 7.17. The molecule has 3 heterocycles. The van der Waals surface area contributed by atoms with Crippen LogP contribution in [0, 0.1) is 20.8 Å². The minimum Gasteiger partial charge on any atom is -0.395 e. The summed E-state index contributed by atoms with van der Waals surface area (Å²) in [6, 6.07) is 7.88. The molecule has 10 heteroatoms. The van der Waals surface area contributed by atoms with Gasteiger partial charge in [-0.15, -0.1) is 0 Å². The molecule has 9 nitrogen and oxygen atoms in total. The number of nitrogens with one attached hydrogen (secondary N) is 3. The molecule has 2 aromatic heterocycles. The summed E-state index contributed by atoms with van der Waals surface area (Å²) in [5.74, 6) is 2.08. The van der Waals surface area contributed by atoms with Crippen molar-refractivity contribution in [2.75, 3.05) is 54.9 Å². The van der Waals surface area contributed by atoms with E-state index in [9.17, 15) is 4.79 Å². The van der Waals surface area contributed by atoms with Crippen LogP contribution in [0.15, 0.2) is 30.5 Å². The second kappa shape index (κ2) is 10.2. The average molecular weight is 469 g/mol. The van der Waals surface area contributed by atoms with Crippen molar-refractivity contribution < 1.29 is 14.9 Å². The van der Waals surface area contributed by atoms with Gasteiger partial charge in [0.15, 0.2) is 0 Å². The number of nitrogens with zero attached hydrogens (tertiary/aromatic N) is 4. The van der Waals surface area contributed by atoms with Crippen LogP contribution in [0.1, 0.15) is 26.6 Å². The fourth-order valence-corrected chi connectivity index (χ4v) is 4.65. The second-order valence-corrected chi connectivity index (χ2v) is 9.19. The van der Waals surface area contributed by atoms with Gasteiger partial charge in [-0.1, -0.05) is 18.2 Å². The second-order valence-electron chi connectivity index (χ2n) is 8.14. The summed E-state index contributed by atoms with van der Waals surface area (Å²) in [6.07, 6.45) is 1.70. The van der Waals surface area contributed by atoms with Crippen LogP contribution in [-0.2, 0) is 0 Å². The summed E-state index contributed by atoms with van der Waals surface area (Å²) in [7, 11) is 0. The van der Waals surface area contributed by atoms with Crippen molar-refractivity contribution in [1.29, 1.82) is 0 Å². The molecule has 0 saturated carbocycles. The Bertz CT molecular complexity index is 1110. The Morgan fingerprint density at radius 2 is 1.88 bits per heavy atom. The number of hydrogen-bond acceptors (Lipinski definition) is 8. The molecule has 0 unspecified atom stereocenters. The normalized spacial score (nSPS) is 14.4. The molecule has 1 amide bonds. The fourth-order valence-electron chi connectivity index (χ4n) is 3.90. The van der Waals surface area contributed by atoms with Crippen molar-refractivity contribution in [2.45, 2.75) is 20.8 Å². The standard InChI is InChI=1S/C23H29N7O2S/c1-15-5-4-6-16(2)21(15)28-22(32)18-14-24-23(33-18)27-19-13-20(26-17(3)25-19)30-9-7-29(8-10-30)11-12-31/h4-6,13-14,31H,7-12H2,1-3H3,(H,28,32)(H,24,25,26,27)/p+1. The highest BCUT2D eigenvalue weighted by Gasteiger charge is 2.21. The number of aliphatic hydroxyl groups excluding tert-OH is 1. The van der Waals surface area contributed by atoms with Gasteiger partial charge in [0.25, 0.3) is 5.91 Å². The third kappa shape index (κ3) is 5.65. The summed E-state index contributed by atoms with van der Waals surface area (Å²) in [4.78, 5) is 30.1. The highest BCUT2D eigenvalue weighted by molar-refractivity contribution is 7.17. The van der Waals surface area contributed by atoms with Crippen LogP contribution in [0.2, 0.25) is 0 Å². The molecule has 0 radical (unpaired) electrons. The van der Waals surface area contributed by atoms with Crippen molar-refractivity contribution in [3.63, 3.8) is 0 Å². The third-order valence-electron chi connectivity index (χ3n) is 5.67. The molecule has 1 aliphatic heterocycles. The van der Waals surface area contributed by atoms with Gasteiger partial charge in [0.2, 0.25) is 5.82 Å². The largest absolute Gasteiger partial charge is 0.395 e. The SMILES string of the molecule is Cc1nc(Nc2[nH+]cc(C(=O)Nc3c(C)cccc3C)s2)cc(N2CCN(CCO)CC2)n1. The number of aliphatic hydroxyl groups is 1. The number of piperazine rings is 1. The van der Waals surface area contributed by atoms with E-state index >= 15 is 0 Å². The zero-order valence-corrected chi connectivity index (χ0v) is 20.0. The summed E-state index contributed by atoms with van der Waals surface area (Å²) in [5.41, 5.74) is 2.91. The lowest BCUT2D eigenvalue weighted by Crippen LogP contribution is -2.47. The van der Waals surface area contributed by atoms with Gasteiger partial charge in [-0.3, -0.25) is 9.69 Å². The van der Waals surface area contributed by atoms with E-state index in [0.717, 1.165) is 53.9 Å². The van der Waals surface area contributed by atoms with Crippen LogP contribution in [-0.4, -0.2) is 65.2 Å². The summed E-state index contributed by atoms with van der Waals surface area (Å²) in [6.45, 7) is 10.2.